The third-order valence-electron chi connectivity index (χ3n) is 3.62. The molecule has 1 aromatic heterocycles. The highest BCUT2D eigenvalue weighted by Gasteiger charge is 2.25. The summed E-state index contributed by atoms with van der Waals surface area (Å²) in [6.45, 7) is 3.36. The minimum atomic E-state index is 0.0372. The summed E-state index contributed by atoms with van der Waals surface area (Å²) in [5, 5.41) is 4.38. The van der Waals surface area contributed by atoms with Crippen molar-refractivity contribution in [2.45, 2.75) is 18.5 Å². The fourth-order valence-corrected chi connectivity index (χ4v) is 2.40. The van der Waals surface area contributed by atoms with Crippen LogP contribution < -0.4 is 5.73 Å². The van der Waals surface area contributed by atoms with Crippen LogP contribution in [0.2, 0.25) is 0 Å². The molecule has 0 aromatic carbocycles. The number of nitrogens with zero attached hydrogens (tertiary/aromatic N) is 4. The maximum atomic E-state index is 6.23. The number of nitrogens with two attached hydrogens (primary N) is 1. The molecule has 1 fully saturated rings. The largest absolute Gasteiger partial charge is 0.323 e. The molecule has 2 heterocycles. The maximum Gasteiger partial charge on any atom is 0.0792 e. The molecule has 0 amide bonds. The Morgan fingerprint density at radius 1 is 1.41 bits per heavy atom. The lowest BCUT2D eigenvalue weighted by molar-refractivity contribution is 0.104. The van der Waals surface area contributed by atoms with Crippen LogP contribution >= 0.6 is 0 Å². The van der Waals surface area contributed by atoms with Crippen LogP contribution in [0.15, 0.2) is 12.3 Å². The van der Waals surface area contributed by atoms with Crippen LogP contribution in [0.1, 0.15) is 18.2 Å². The Hall–Kier alpha value is -0.910. The van der Waals surface area contributed by atoms with E-state index in [4.69, 9.17) is 5.73 Å². The number of piperazine rings is 1. The van der Waals surface area contributed by atoms with Crippen LogP contribution in [0.3, 0.4) is 0 Å². The fraction of sp³-hybridized carbons (Fsp3) is 0.750. The smallest absolute Gasteiger partial charge is 0.0792 e. The Balaban J connectivity index is 1.95. The van der Waals surface area contributed by atoms with Gasteiger partial charge in [0.2, 0.25) is 0 Å². The summed E-state index contributed by atoms with van der Waals surface area (Å²) in [5.41, 5.74) is 7.22. The predicted molar refractivity (Wildman–Crippen MR) is 68.7 cm³/mol. The second-order valence-electron chi connectivity index (χ2n) is 5.15. The second kappa shape index (κ2) is 5.16. The molecule has 2 rings (SSSR count). The number of hydrogen-bond donors (Lipinski definition) is 1. The molecule has 0 saturated carbocycles. The quantitative estimate of drug-likeness (QED) is 0.807. The van der Waals surface area contributed by atoms with E-state index in [9.17, 15) is 0 Å². The van der Waals surface area contributed by atoms with Crippen molar-refractivity contribution in [3.05, 3.63) is 18.0 Å². The van der Waals surface area contributed by atoms with E-state index in [1.807, 2.05) is 24.0 Å². The number of rotatable bonds is 3. The summed E-state index contributed by atoms with van der Waals surface area (Å²) < 4.78 is 1.81. The molecule has 0 aliphatic carbocycles. The molecular weight excluding hydrogens is 214 g/mol. The van der Waals surface area contributed by atoms with Crippen molar-refractivity contribution in [2.24, 2.45) is 12.8 Å². The number of likely N-dealkylation sites (N-methyl/N-ethyl adjacent to an activating group) is 2. The average Bonchev–Trinajstić information content (AvgIpc) is 2.70. The highest BCUT2D eigenvalue weighted by molar-refractivity contribution is 5.05. The highest BCUT2D eigenvalue weighted by atomic mass is 15.3. The molecule has 1 aliphatic heterocycles. The minimum absolute atomic E-state index is 0.0372. The molecule has 1 saturated heterocycles. The lowest BCUT2D eigenvalue weighted by Crippen LogP contribution is -2.50. The summed E-state index contributed by atoms with van der Waals surface area (Å²) >= 11 is 0. The molecule has 5 nitrogen and oxygen atoms in total. The molecule has 0 radical (unpaired) electrons. The van der Waals surface area contributed by atoms with E-state index in [0.29, 0.717) is 6.04 Å². The van der Waals surface area contributed by atoms with Crippen LogP contribution in [0.5, 0.6) is 0 Å². The zero-order valence-corrected chi connectivity index (χ0v) is 11.0. The standard InChI is InChI=1S/C12H23N5/c1-15-6-7-16(2)10(9-15)8-11(13)12-4-5-17(3)14-12/h4-5,10-11H,6-9,13H2,1-3H3. The van der Waals surface area contributed by atoms with Crippen molar-refractivity contribution in [3.8, 4) is 0 Å². The molecule has 2 N–H and O–H groups in total. The molecule has 1 aliphatic rings. The van der Waals surface area contributed by atoms with Gasteiger partial charge in [-0.3, -0.25) is 4.68 Å². The van der Waals surface area contributed by atoms with E-state index in [0.717, 1.165) is 31.7 Å². The SMILES string of the molecule is CN1CCN(C)C(CC(N)c2ccn(C)n2)C1. The van der Waals surface area contributed by atoms with Gasteiger partial charge in [-0.25, -0.2) is 0 Å². The first-order chi connectivity index (χ1) is 8.06. The van der Waals surface area contributed by atoms with Gasteiger partial charge < -0.3 is 15.5 Å². The normalized spacial score (nSPS) is 25.1. The number of aromatic nitrogens is 2. The molecule has 17 heavy (non-hydrogen) atoms. The van der Waals surface area contributed by atoms with Gasteiger partial charge in [-0.2, -0.15) is 5.10 Å². The van der Waals surface area contributed by atoms with Crippen LogP contribution in [-0.4, -0.2) is 59.4 Å². The van der Waals surface area contributed by atoms with E-state index in [-0.39, 0.29) is 6.04 Å². The molecule has 2 unspecified atom stereocenters. The van der Waals surface area contributed by atoms with Crippen molar-refractivity contribution in [3.63, 3.8) is 0 Å². The van der Waals surface area contributed by atoms with E-state index in [1.165, 1.54) is 0 Å². The zero-order chi connectivity index (χ0) is 12.4. The summed E-state index contributed by atoms with van der Waals surface area (Å²) in [5.74, 6) is 0. The van der Waals surface area contributed by atoms with Gasteiger partial charge in [-0.15, -0.1) is 0 Å². The number of aryl methyl sites for hydroxylation is 1. The van der Waals surface area contributed by atoms with Crippen molar-refractivity contribution < 1.29 is 0 Å². The van der Waals surface area contributed by atoms with Gasteiger partial charge in [0.1, 0.15) is 0 Å². The summed E-state index contributed by atoms with van der Waals surface area (Å²) in [6.07, 6.45) is 2.92. The summed E-state index contributed by atoms with van der Waals surface area (Å²) in [6, 6.07) is 2.58. The van der Waals surface area contributed by atoms with Gasteiger partial charge in [-0.1, -0.05) is 0 Å². The fourth-order valence-electron chi connectivity index (χ4n) is 2.40. The van der Waals surface area contributed by atoms with Crippen LogP contribution in [-0.2, 0) is 7.05 Å². The first kappa shape index (κ1) is 12.5. The van der Waals surface area contributed by atoms with Gasteiger partial charge in [0.15, 0.2) is 0 Å². The molecule has 2 atom stereocenters. The van der Waals surface area contributed by atoms with Gasteiger partial charge in [0.05, 0.1) is 11.7 Å². The number of hydrogen-bond acceptors (Lipinski definition) is 4. The van der Waals surface area contributed by atoms with Crippen LogP contribution in [0.4, 0.5) is 0 Å². The lowest BCUT2D eigenvalue weighted by Gasteiger charge is -2.38. The van der Waals surface area contributed by atoms with E-state index in [1.54, 1.807) is 0 Å². The molecule has 1 aromatic rings. The summed E-state index contributed by atoms with van der Waals surface area (Å²) in [7, 11) is 6.28. The Labute approximate surface area is 103 Å². The average molecular weight is 237 g/mol. The zero-order valence-electron chi connectivity index (χ0n) is 11.0. The lowest BCUT2D eigenvalue weighted by atomic mass is 10.0. The molecule has 96 valence electrons. The third kappa shape index (κ3) is 3.06. The Bertz CT molecular complexity index is 362. The van der Waals surface area contributed by atoms with Crippen LogP contribution in [0, 0.1) is 0 Å². The van der Waals surface area contributed by atoms with Gasteiger partial charge >= 0.3 is 0 Å². The minimum Gasteiger partial charge on any atom is -0.323 e. The van der Waals surface area contributed by atoms with E-state index in [2.05, 4.69) is 29.0 Å². The van der Waals surface area contributed by atoms with Crippen molar-refractivity contribution >= 4 is 0 Å². The molecule has 5 heteroatoms. The predicted octanol–water partition coefficient (Wildman–Crippen LogP) is 0.0558. The molecular formula is C12H23N5. The maximum absolute atomic E-state index is 6.23. The van der Waals surface area contributed by atoms with E-state index < -0.39 is 0 Å². The van der Waals surface area contributed by atoms with Crippen molar-refractivity contribution in [1.29, 1.82) is 0 Å². The van der Waals surface area contributed by atoms with Gasteiger partial charge in [0.25, 0.3) is 0 Å². The Kier molecular flexibility index (Phi) is 3.81. The molecule has 0 spiro atoms. The summed E-state index contributed by atoms with van der Waals surface area (Å²) in [4.78, 5) is 4.78. The Morgan fingerprint density at radius 3 is 2.82 bits per heavy atom. The van der Waals surface area contributed by atoms with Crippen molar-refractivity contribution in [2.75, 3.05) is 33.7 Å². The van der Waals surface area contributed by atoms with E-state index >= 15 is 0 Å². The first-order valence-corrected chi connectivity index (χ1v) is 6.20. The first-order valence-electron chi connectivity index (χ1n) is 6.20. The second-order valence-corrected chi connectivity index (χ2v) is 5.15. The van der Waals surface area contributed by atoms with Crippen molar-refractivity contribution in [1.82, 2.24) is 19.6 Å². The molecule has 0 bridgehead atoms. The third-order valence-corrected chi connectivity index (χ3v) is 3.62. The van der Waals surface area contributed by atoms with Crippen LogP contribution in [0.25, 0.3) is 0 Å². The van der Waals surface area contributed by atoms with Gasteiger partial charge in [0, 0.05) is 38.9 Å². The topological polar surface area (TPSA) is 50.3 Å². The monoisotopic (exact) mass is 237 g/mol. The van der Waals surface area contributed by atoms with Gasteiger partial charge in [-0.05, 0) is 26.6 Å². The Morgan fingerprint density at radius 2 is 2.18 bits per heavy atom. The highest BCUT2D eigenvalue weighted by Crippen LogP contribution is 2.18.